The quantitative estimate of drug-likeness (QED) is 0.302. The molecule has 0 spiro atoms. The molecule has 1 saturated carbocycles. The van der Waals surface area contributed by atoms with Crippen molar-refractivity contribution in [1.82, 2.24) is 14.8 Å². The molecule has 2 heterocycles. The van der Waals surface area contributed by atoms with Gasteiger partial charge in [0.25, 0.3) is 11.8 Å². The van der Waals surface area contributed by atoms with E-state index in [2.05, 4.69) is 23.5 Å². The number of rotatable bonds is 11. The zero-order valence-electron chi connectivity index (χ0n) is 22.1. The molecule has 0 bridgehead atoms. The number of para-hydroxylation sites is 1. The van der Waals surface area contributed by atoms with Gasteiger partial charge in [-0.3, -0.25) is 14.2 Å². The molecule has 7 nitrogen and oxygen atoms in total. The van der Waals surface area contributed by atoms with Gasteiger partial charge in [0.05, 0.1) is 19.2 Å². The second kappa shape index (κ2) is 10.9. The van der Waals surface area contributed by atoms with E-state index in [0.29, 0.717) is 30.5 Å². The molecule has 6 rings (SSSR count). The number of hydrogen-bond acceptors (Lipinski definition) is 5. The van der Waals surface area contributed by atoms with Gasteiger partial charge >= 0.3 is 0 Å². The molecule has 1 atom stereocenters. The minimum Gasteiger partial charge on any atom is -0.497 e. The molecule has 1 amide bonds. The zero-order valence-corrected chi connectivity index (χ0v) is 22.1. The summed E-state index contributed by atoms with van der Waals surface area (Å²) in [6, 6.07) is 25.6. The third-order valence-electron chi connectivity index (χ3n) is 7.58. The van der Waals surface area contributed by atoms with Crippen LogP contribution in [0, 0.1) is 5.92 Å². The Morgan fingerprint density at radius 2 is 1.77 bits per heavy atom. The molecule has 0 saturated heterocycles. The van der Waals surface area contributed by atoms with Crippen molar-refractivity contribution < 1.29 is 19.1 Å². The third kappa shape index (κ3) is 5.54. The Morgan fingerprint density at radius 3 is 2.56 bits per heavy atom. The molecule has 200 valence electrons. The first-order valence-corrected chi connectivity index (χ1v) is 13.6. The van der Waals surface area contributed by atoms with Gasteiger partial charge in [-0.15, -0.1) is 0 Å². The number of benzene rings is 3. The lowest BCUT2D eigenvalue weighted by Crippen LogP contribution is -2.50. The molecular formula is C32H33N3O4. The highest BCUT2D eigenvalue weighted by Gasteiger charge is 2.33. The van der Waals surface area contributed by atoms with Gasteiger partial charge in [-0.25, -0.2) is 0 Å². The number of nitrogens with zero attached hydrogens (tertiary/aromatic N) is 2. The number of aromatic nitrogens is 1. The fraction of sp³-hybridized carbons (Fsp3) is 0.312. The fourth-order valence-electron chi connectivity index (χ4n) is 5.26. The maximum atomic E-state index is 13.6. The van der Waals surface area contributed by atoms with Gasteiger partial charge in [-0.2, -0.15) is 0 Å². The van der Waals surface area contributed by atoms with Gasteiger partial charge < -0.3 is 19.7 Å². The van der Waals surface area contributed by atoms with E-state index >= 15 is 0 Å². The molecule has 1 aliphatic heterocycles. The average Bonchev–Trinajstić information content (AvgIpc) is 3.71. The normalized spacial score (nSPS) is 15.9. The summed E-state index contributed by atoms with van der Waals surface area (Å²) < 4.78 is 13.0. The number of nitrogens with one attached hydrogen (secondary N) is 1. The number of carbonyl (C=O) groups excluding carboxylic acids is 2. The van der Waals surface area contributed by atoms with Crippen molar-refractivity contribution in [2.45, 2.75) is 31.8 Å². The van der Waals surface area contributed by atoms with Gasteiger partial charge in [0.15, 0.2) is 0 Å². The van der Waals surface area contributed by atoms with Gasteiger partial charge in [-0.05, 0) is 61.1 Å². The summed E-state index contributed by atoms with van der Waals surface area (Å²) in [6.45, 7) is 1.81. The predicted octanol–water partition coefficient (Wildman–Crippen LogP) is 4.94. The van der Waals surface area contributed by atoms with Crippen LogP contribution < -0.4 is 14.8 Å². The predicted molar refractivity (Wildman–Crippen MR) is 150 cm³/mol. The van der Waals surface area contributed by atoms with E-state index < -0.39 is 0 Å². The molecule has 1 aromatic heterocycles. The summed E-state index contributed by atoms with van der Waals surface area (Å²) in [6.07, 6.45) is 3.22. The Morgan fingerprint density at radius 1 is 0.974 bits per heavy atom. The second-order valence-corrected chi connectivity index (χ2v) is 10.5. The van der Waals surface area contributed by atoms with Gasteiger partial charge in [0.1, 0.15) is 23.7 Å². The van der Waals surface area contributed by atoms with Crippen LogP contribution in [0.2, 0.25) is 0 Å². The summed E-state index contributed by atoms with van der Waals surface area (Å²) >= 11 is 0. The molecule has 1 fully saturated rings. The Bertz CT molecular complexity index is 1490. The summed E-state index contributed by atoms with van der Waals surface area (Å²) in [5, 5.41) is 4.48. The Balaban J connectivity index is 1.22. The Kier molecular flexibility index (Phi) is 7.07. The van der Waals surface area contributed by atoms with Crippen molar-refractivity contribution >= 4 is 22.7 Å². The summed E-state index contributed by atoms with van der Waals surface area (Å²) in [7, 11) is 1.60. The molecular weight excluding hydrogens is 490 g/mol. The monoisotopic (exact) mass is 523 g/mol. The SMILES string of the molecule is COc1ccc2c(c1)cc1n2C(=O)CN(C[C@H](Cc2ccccc2)NCc2ccccc2OCC2CC2)C1=O. The second-order valence-electron chi connectivity index (χ2n) is 10.5. The van der Waals surface area contributed by atoms with Gasteiger partial charge in [0, 0.05) is 30.1 Å². The molecule has 39 heavy (non-hydrogen) atoms. The first kappa shape index (κ1) is 25.2. The molecule has 0 radical (unpaired) electrons. The van der Waals surface area contributed by atoms with Crippen molar-refractivity contribution in [3.63, 3.8) is 0 Å². The standard InChI is InChI=1S/C32H33N3O4/c1-38-27-13-14-28-25(16-27)17-29-32(37)34(20-31(36)35(28)29)19-26(15-22-7-3-2-4-8-22)33-18-24-9-5-6-10-30(24)39-21-23-11-12-23/h2-10,13-14,16-17,23,26,33H,11-12,15,18-21H2,1H3/t26-/m0/s1. The minimum absolute atomic E-state index is 0.0374. The van der Waals surface area contributed by atoms with E-state index in [-0.39, 0.29) is 24.4 Å². The summed E-state index contributed by atoms with van der Waals surface area (Å²) in [5.41, 5.74) is 3.38. The summed E-state index contributed by atoms with van der Waals surface area (Å²) in [5.74, 6) is 2.02. The van der Waals surface area contributed by atoms with E-state index in [4.69, 9.17) is 9.47 Å². The Labute approximate surface area is 228 Å². The van der Waals surface area contributed by atoms with Crippen molar-refractivity contribution in [1.29, 1.82) is 0 Å². The molecule has 2 aliphatic rings. The van der Waals surface area contributed by atoms with Crippen LogP contribution in [0.15, 0.2) is 78.9 Å². The number of methoxy groups -OCH3 is 1. The topological polar surface area (TPSA) is 72.8 Å². The molecule has 1 N–H and O–H groups in total. The van der Waals surface area contributed by atoms with Crippen LogP contribution in [0.1, 0.15) is 39.3 Å². The van der Waals surface area contributed by atoms with Crippen LogP contribution in [0.5, 0.6) is 11.5 Å². The van der Waals surface area contributed by atoms with Crippen LogP contribution in [-0.4, -0.2) is 54.1 Å². The van der Waals surface area contributed by atoms with E-state index in [1.807, 2.05) is 54.6 Å². The molecule has 4 aromatic rings. The molecule has 0 unspecified atom stereocenters. The van der Waals surface area contributed by atoms with Crippen molar-refractivity contribution in [2.24, 2.45) is 5.92 Å². The highest BCUT2D eigenvalue weighted by Crippen LogP contribution is 2.31. The van der Waals surface area contributed by atoms with Crippen molar-refractivity contribution in [3.05, 3.63) is 95.7 Å². The molecule has 3 aromatic carbocycles. The van der Waals surface area contributed by atoms with E-state index in [1.54, 1.807) is 22.6 Å². The zero-order chi connectivity index (χ0) is 26.8. The number of ether oxygens (including phenoxy) is 2. The van der Waals surface area contributed by atoms with Crippen LogP contribution >= 0.6 is 0 Å². The van der Waals surface area contributed by atoms with Gasteiger partial charge in [-0.1, -0.05) is 48.5 Å². The average molecular weight is 524 g/mol. The van der Waals surface area contributed by atoms with Crippen LogP contribution in [-0.2, 0) is 13.0 Å². The van der Waals surface area contributed by atoms with E-state index in [1.165, 1.54) is 18.4 Å². The van der Waals surface area contributed by atoms with Crippen LogP contribution in [0.25, 0.3) is 10.9 Å². The third-order valence-corrected chi connectivity index (χ3v) is 7.58. The number of fused-ring (bicyclic) bond motifs is 3. The number of amides is 1. The lowest BCUT2D eigenvalue weighted by Gasteiger charge is -2.31. The first-order chi connectivity index (χ1) is 19.1. The maximum Gasteiger partial charge on any atom is 0.271 e. The lowest BCUT2D eigenvalue weighted by molar-refractivity contribution is 0.0608. The smallest absolute Gasteiger partial charge is 0.271 e. The van der Waals surface area contributed by atoms with E-state index in [0.717, 1.165) is 35.2 Å². The highest BCUT2D eigenvalue weighted by molar-refractivity contribution is 6.09. The van der Waals surface area contributed by atoms with E-state index in [9.17, 15) is 9.59 Å². The highest BCUT2D eigenvalue weighted by atomic mass is 16.5. The van der Waals surface area contributed by atoms with Crippen LogP contribution in [0.3, 0.4) is 0 Å². The molecule has 7 heteroatoms. The number of hydrogen-bond donors (Lipinski definition) is 1. The van der Waals surface area contributed by atoms with Crippen molar-refractivity contribution in [3.8, 4) is 11.5 Å². The van der Waals surface area contributed by atoms with Crippen molar-refractivity contribution in [2.75, 3.05) is 26.8 Å². The minimum atomic E-state index is -0.141. The lowest BCUT2D eigenvalue weighted by atomic mass is 10.0. The first-order valence-electron chi connectivity index (χ1n) is 13.6. The van der Waals surface area contributed by atoms with Gasteiger partial charge in [0.2, 0.25) is 0 Å². The van der Waals surface area contributed by atoms with Crippen LogP contribution in [0.4, 0.5) is 0 Å². The molecule has 1 aliphatic carbocycles. The maximum absolute atomic E-state index is 13.6. The Hall–Kier alpha value is -4.10. The largest absolute Gasteiger partial charge is 0.497 e. The number of carbonyl (C=O) groups is 2. The summed E-state index contributed by atoms with van der Waals surface area (Å²) in [4.78, 5) is 28.6. The fourth-order valence-corrected chi connectivity index (χ4v) is 5.26.